The van der Waals surface area contributed by atoms with Gasteiger partial charge in [0.25, 0.3) is 0 Å². The Hall–Kier alpha value is -2.24. The Morgan fingerprint density at radius 2 is 1.74 bits per heavy atom. The fraction of sp³-hybridized carbons (Fsp3) is 0.619. The van der Waals surface area contributed by atoms with Crippen molar-refractivity contribution in [3.8, 4) is 5.75 Å². The molecule has 1 aromatic rings. The fourth-order valence-electron chi connectivity index (χ4n) is 3.19. The van der Waals surface area contributed by atoms with Gasteiger partial charge in [-0.25, -0.2) is 4.79 Å². The Kier molecular flexibility index (Phi) is 7.11. The summed E-state index contributed by atoms with van der Waals surface area (Å²) < 4.78 is 10.6. The standard InChI is InChI=1S/C21H32N2O4/c1-6-22(15-16-7-9-18(26-5)10-8-16)19(24)17-11-13-23(14-12-17)20(25)27-21(2,3)4/h7-10,17H,6,11-15H2,1-5H3. The van der Waals surface area contributed by atoms with Gasteiger partial charge in [-0.15, -0.1) is 0 Å². The lowest BCUT2D eigenvalue weighted by Crippen LogP contribution is -2.45. The average Bonchev–Trinajstić information content (AvgIpc) is 2.65. The molecule has 1 heterocycles. The molecule has 0 unspecified atom stereocenters. The minimum atomic E-state index is -0.499. The third-order valence-electron chi connectivity index (χ3n) is 4.72. The molecule has 1 fully saturated rings. The van der Waals surface area contributed by atoms with Crippen molar-refractivity contribution in [2.75, 3.05) is 26.7 Å². The van der Waals surface area contributed by atoms with Crippen LogP contribution in [0.1, 0.15) is 46.1 Å². The SMILES string of the molecule is CCN(Cc1ccc(OC)cc1)C(=O)C1CCN(C(=O)OC(C)(C)C)CC1. The lowest BCUT2D eigenvalue weighted by Gasteiger charge is -2.35. The van der Waals surface area contributed by atoms with Crippen molar-refractivity contribution in [1.29, 1.82) is 0 Å². The summed E-state index contributed by atoms with van der Waals surface area (Å²) in [5.74, 6) is 0.932. The average molecular weight is 376 g/mol. The summed E-state index contributed by atoms with van der Waals surface area (Å²) in [6, 6.07) is 7.79. The smallest absolute Gasteiger partial charge is 0.410 e. The van der Waals surface area contributed by atoms with Gasteiger partial charge in [0.15, 0.2) is 0 Å². The molecule has 150 valence electrons. The van der Waals surface area contributed by atoms with Crippen LogP contribution in [0.25, 0.3) is 0 Å². The van der Waals surface area contributed by atoms with E-state index in [2.05, 4.69) is 0 Å². The summed E-state index contributed by atoms with van der Waals surface area (Å²) in [4.78, 5) is 28.7. The van der Waals surface area contributed by atoms with Crippen molar-refractivity contribution in [1.82, 2.24) is 9.80 Å². The topological polar surface area (TPSA) is 59.1 Å². The van der Waals surface area contributed by atoms with Crippen molar-refractivity contribution >= 4 is 12.0 Å². The Labute approximate surface area is 162 Å². The Morgan fingerprint density at radius 3 is 2.22 bits per heavy atom. The lowest BCUT2D eigenvalue weighted by molar-refractivity contribution is -0.137. The predicted molar refractivity (Wildman–Crippen MR) is 105 cm³/mol. The fourth-order valence-corrected chi connectivity index (χ4v) is 3.19. The quantitative estimate of drug-likeness (QED) is 0.786. The van der Waals surface area contributed by atoms with Crippen molar-refractivity contribution in [3.63, 3.8) is 0 Å². The highest BCUT2D eigenvalue weighted by atomic mass is 16.6. The van der Waals surface area contributed by atoms with Crippen LogP contribution >= 0.6 is 0 Å². The van der Waals surface area contributed by atoms with E-state index in [0.29, 0.717) is 39.0 Å². The van der Waals surface area contributed by atoms with E-state index in [9.17, 15) is 9.59 Å². The zero-order chi connectivity index (χ0) is 20.0. The van der Waals surface area contributed by atoms with E-state index in [1.54, 1.807) is 12.0 Å². The lowest BCUT2D eigenvalue weighted by atomic mass is 9.95. The first kappa shape index (κ1) is 21.1. The maximum Gasteiger partial charge on any atom is 0.410 e. The molecule has 6 nitrogen and oxygen atoms in total. The van der Waals surface area contributed by atoms with E-state index < -0.39 is 5.60 Å². The molecule has 0 N–H and O–H groups in total. The minimum absolute atomic E-state index is 0.0399. The number of hydrogen-bond acceptors (Lipinski definition) is 4. The molecular formula is C21H32N2O4. The van der Waals surface area contributed by atoms with Crippen LogP contribution in [0.2, 0.25) is 0 Å². The number of amides is 2. The molecule has 0 radical (unpaired) electrons. The number of hydrogen-bond donors (Lipinski definition) is 0. The van der Waals surface area contributed by atoms with Gasteiger partial charge in [0.1, 0.15) is 11.4 Å². The maximum absolute atomic E-state index is 12.9. The summed E-state index contributed by atoms with van der Waals surface area (Å²) in [5, 5.41) is 0. The molecule has 2 rings (SSSR count). The van der Waals surface area contributed by atoms with Gasteiger partial charge >= 0.3 is 6.09 Å². The molecule has 0 atom stereocenters. The number of piperidine rings is 1. The second kappa shape index (κ2) is 9.11. The molecule has 0 aromatic heterocycles. The number of carbonyl (C=O) groups is 2. The van der Waals surface area contributed by atoms with Crippen molar-refractivity contribution < 1.29 is 19.1 Å². The molecule has 6 heteroatoms. The summed E-state index contributed by atoms with van der Waals surface area (Å²) in [6.07, 6.45) is 1.06. The second-order valence-corrected chi connectivity index (χ2v) is 7.94. The van der Waals surface area contributed by atoms with Crippen LogP contribution in [0.3, 0.4) is 0 Å². The van der Waals surface area contributed by atoms with Gasteiger partial charge in [-0.2, -0.15) is 0 Å². The summed E-state index contributed by atoms with van der Waals surface area (Å²) >= 11 is 0. The number of rotatable bonds is 5. The van der Waals surface area contributed by atoms with E-state index in [-0.39, 0.29) is 17.9 Å². The van der Waals surface area contributed by atoms with Crippen molar-refractivity contribution in [2.45, 2.75) is 52.7 Å². The van der Waals surface area contributed by atoms with E-state index in [1.807, 2.05) is 56.9 Å². The molecule has 0 bridgehead atoms. The number of carbonyl (C=O) groups excluding carboxylic acids is 2. The Balaban J connectivity index is 1.89. The number of likely N-dealkylation sites (tertiary alicyclic amines) is 1. The molecule has 1 aliphatic rings. The number of methoxy groups -OCH3 is 1. The molecule has 1 saturated heterocycles. The highest BCUT2D eigenvalue weighted by molar-refractivity contribution is 5.79. The zero-order valence-corrected chi connectivity index (χ0v) is 17.2. The highest BCUT2D eigenvalue weighted by Crippen LogP contribution is 2.23. The van der Waals surface area contributed by atoms with Crippen molar-refractivity contribution in [3.05, 3.63) is 29.8 Å². The van der Waals surface area contributed by atoms with Gasteiger partial charge in [0.05, 0.1) is 7.11 Å². The van der Waals surface area contributed by atoms with E-state index in [4.69, 9.17) is 9.47 Å². The third-order valence-corrected chi connectivity index (χ3v) is 4.72. The van der Waals surface area contributed by atoms with E-state index in [0.717, 1.165) is 11.3 Å². The minimum Gasteiger partial charge on any atom is -0.497 e. The van der Waals surface area contributed by atoms with Gasteiger partial charge < -0.3 is 19.3 Å². The predicted octanol–water partition coefficient (Wildman–Crippen LogP) is 3.69. The van der Waals surface area contributed by atoms with Gasteiger partial charge in [-0.3, -0.25) is 4.79 Å². The number of ether oxygens (including phenoxy) is 2. The monoisotopic (exact) mass is 376 g/mol. The van der Waals surface area contributed by atoms with Gasteiger partial charge in [-0.05, 0) is 58.2 Å². The highest BCUT2D eigenvalue weighted by Gasteiger charge is 2.31. The van der Waals surface area contributed by atoms with Crippen LogP contribution in [0, 0.1) is 5.92 Å². The molecule has 0 spiro atoms. The zero-order valence-electron chi connectivity index (χ0n) is 17.2. The number of benzene rings is 1. The van der Waals surface area contributed by atoms with Crippen LogP contribution < -0.4 is 4.74 Å². The summed E-state index contributed by atoms with van der Waals surface area (Å²) in [7, 11) is 1.64. The Morgan fingerprint density at radius 1 is 1.15 bits per heavy atom. The van der Waals surface area contributed by atoms with E-state index >= 15 is 0 Å². The van der Waals surface area contributed by atoms with Gasteiger partial charge in [0.2, 0.25) is 5.91 Å². The van der Waals surface area contributed by atoms with Crippen molar-refractivity contribution in [2.24, 2.45) is 5.92 Å². The van der Waals surface area contributed by atoms with Gasteiger partial charge in [-0.1, -0.05) is 12.1 Å². The maximum atomic E-state index is 12.9. The molecule has 0 saturated carbocycles. The molecular weight excluding hydrogens is 344 g/mol. The molecule has 1 aromatic carbocycles. The first-order valence-corrected chi connectivity index (χ1v) is 9.63. The molecule has 0 aliphatic carbocycles. The van der Waals surface area contributed by atoms with Crippen LogP contribution in [0.5, 0.6) is 5.75 Å². The first-order chi connectivity index (χ1) is 12.7. The molecule has 2 amide bonds. The second-order valence-electron chi connectivity index (χ2n) is 7.94. The number of nitrogens with zero attached hydrogens (tertiary/aromatic N) is 2. The van der Waals surface area contributed by atoms with E-state index in [1.165, 1.54) is 0 Å². The van der Waals surface area contributed by atoms with Crippen LogP contribution in [-0.2, 0) is 16.1 Å². The molecule has 27 heavy (non-hydrogen) atoms. The first-order valence-electron chi connectivity index (χ1n) is 9.63. The molecule has 1 aliphatic heterocycles. The Bertz CT molecular complexity index is 629. The van der Waals surface area contributed by atoms with Crippen LogP contribution in [0.15, 0.2) is 24.3 Å². The van der Waals surface area contributed by atoms with Crippen LogP contribution in [0.4, 0.5) is 4.79 Å². The normalized spacial score (nSPS) is 15.4. The summed E-state index contributed by atoms with van der Waals surface area (Å²) in [5.41, 5.74) is 0.582. The summed E-state index contributed by atoms with van der Waals surface area (Å²) in [6.45, 7) is 9.95. The third kappa shape index (κ3) is 6.15. The van der Waals surface area contributed by atoms with Gasteiger partial charge in [0, 0.05) is 32.1 Å². The van der Waals surface area contributed by atoms with Crippen LogP contribution in [-0.4, -0.2) is 54.1 Å². The largest absolute Gasteiger partial charge is 0.497 e.